The average Bonchev–Trinajstić information content (AvgIpc) is 2.58. The second-order valence-corrected chi connectivity index (χ2v) is 5.91. The van der Waals surface area contributed by atoms with Gasteiger partial charge < -0.3 is 19.9 Å². The van der Waals surface area contributed by atoms with E-state index in [1.54, 1.807) is 0 Å². The SMILES string of the molecule is O=C(O)OCC1CCC(CNC(=O)OCc2ccccc2)CC1. The summed E-state index contributed by atoms with van der Waals surface area (Å²) in [7, 11) is 0. The van der Waals surface area contributed by atoms with Crippen LogP contribution >= 0.6 is 0 Å². The summed E-state index contributed by atoms with van der Waals surface area (Å²) in [5.74, 6) is 0.715. The molecule has 1 amide bonds. The van der Waals surface area contributed by atoms with Crippen LogP contribution in [0.2, 0.25) is 0 Å². The van der Waals surface area contributed by atoms with Crippen molar-refractivity contribution in [2.75, 3.05) is 13.2 Å². The standard InChI is InChI=1S/C17H23NO5/c19-16(22-11-14-4-2-1-3-5-14)18-10-13-6-8-15(9-7-13)12-23-17(20)21/h1-5,13,15H,6-12H2,(H,18,19)(H,20,21). The van der Waals surface area contributed by atoms with Crippen LogP contribution in [0.15, 0.2) is 30.3 Å². The van der Waals surface area contributed by atoms with Crippen LogP contribution in [0, 0.1) is 11.8 Å². The Hall–Kier alpha value is -2.24. The van der Waals surface area contributed by atoms with Crippen LogP contribution in [-0.2, 0) is 16.1 Å². The topological polar surface area (TPSA) is 84.9 Å². The summed E-state index contributed by atoms with van der Waals surface area (Å²) in [6, 6.07) is 9.55. The van der Waals surface area contributed by atoms with Gasteiger partial charge in [-0.25, -0.2) is 9.59 Å². The fraction of sp³-hybridized carbons (Fsp3) is 0.529. The van der Waals surface area contributed by atoms with Crippen molar-refractivity contribution in [1.82, 2.24) is 5.32 Å². The monoisotopic (exact) mass is 321 g/mol. The zero-order valence-electron chi connectivity index (χ0n) is 13.1. The Morgan fingerprint density at radius 1 is 1.04 bits per heavy atom. The molecule has 0 radical (unpaired) electrons. The van der Waals surface area contributed by atoms with Crippen molar-refractivity contribution in [2.24, 2.45) is 11.8 Å². The molecular weight excluding hydrogens is 298 g/mol. The Morgan fingerprint density at radius 3 is 2.35 bits per heavy atom. The van der Waals surface area contributed by atoms with Gasteiger partial charge in [0.25, 0.3) is 0 Å². The Bertz CT molecular complexity index is 497. The lowest BCUT2D eigenvalue weighted by Gasteiger charge is -2.27. The summed E-state index contributed by atoms with van der Waals surface area (Å²) in [5, 5.41) is 11.3. The number of carbonyl (C=O) groups is 2. The normalized spacial score (nSPS) is 20.5. The molecule has 0 aliphatic heterocycles. The van der Waals surface area contributed by atoms with Crippen LogP contribution in [-0.4, -0.2) is 30.5 Å². The maximum Gasteiger partial charge on any atom is 0.505 e. The van der Waals surface area contributed by atoms with Crippen LogP contribution in [0.4, 0.5) is 9.59 Å². The highest BCUT2D eigenvalue weighted by Gasteiger charge is 2.22. The fourth-order valence-electron chi connectivity index (χ4n) is 2.79. The number of carboxylic acid groups (broad SMARTS) is 1. The number of ether oxygens (including phenoxy) is 2. The van der Waals surface area contributed by atoms with Gasteiger partial charge in [-0.1, -0.05) is 30.3 Å². The highest BCUT2D eigenvalue weighted by molar-refractivity contribution is 5.67. The maximum absolute atomic E-state index is 11.7. The fourth-order valence-corrected chi connectivity index (χ4v) is 2.79. The van der Waals surface area contributed by atoms with Gasteiger partial charge >= 0.3 is 12.2 Å². The molecule has 0 spiro atoms. The Balaban J connectivity index is 1.58. The second kappa shape index (κ2) is 9.02. The zero-order chi connectivity index (χ0) is 16.5. The average molecular weight is 321 g/mol. The number of hydrogen-bond donors (Lipinski definition) is 2. The van der Waals surface area contributed by atoms with Crippen molar-refractivity contribution in [3.8, 4) is 0 Å². The van der Waals surface area contributed by atoms with Crippen molar-refractivity contribution < 1.29 is 24.2 Å². The van der Waals surface area contributed by atoms with Crippen molar-refractivity contribution >= 4 is 12.2 Å². The summed E-state index contributed by atoms with van der Waals surface area (Å²) in [4.78, 5) is 22.0. The first-order valence-corrected chi connectivity index (χ1v) is 7.93. The van der Waals surface area contributed by atoms with E-state index < -0.39 is 12.2 Å². The third-order valence-electron chi connectivity index (χ3n) is 4.16. The van der Waals surface area contributed by atoms with Gasteiger partial charge in [0.1, 0.15) is 6.61 Å². The van der Waals surface area contributed by atoms with Crippen molar-refractivity contribution in [1.29, 1.82) is 0 Å². The predicted octanol–water partition coefficient (Wildman–Crippen LogP) is 3.41. The molecule has 2 rings (SSSR count). The van der Waals surface area contributed by atoms with Gasteiger partial charge in [-0.05, 0) is 43.1 Å². The molecule has 0 atom stereocenters. The third kappa shape index (κ3) is 6.59. The molecule has 126 valence electrons. The number of carbonyl (C=O) groups excluding carboxylic acids is 1. The van der Waals surface area contributed by atoms with Gasteiger partial charge in [0, 0.05) is 6.54 Å². The number of amides is 1. The summed E-state index contributed by atoms with van der Waals surface area (Å²) in [6.45, 7) is 1.14. The zero-order valence-corrected chi connectivity index (χ0v) is 13.1. The molecule has 2 N–H and O–H groups in total. The largest absolute Gasteiger partial charge is 0.505 e. The lowest BCUT2D eigenvalue weighted by atomic mass is 9.82. The first kappa shape index (κ1) is 17.1. The summed E-state index contributed by atoms with van der Waals surface area (Å²) >= 11 is 0. The minimum absolute atomic E-state index is 0.270. The van der Waals surface area contributed by atoms with E-state index in [4.69, 9.17) is 9.84 Å². The number of hydrogen-bond acceptors (Lipinski definition) is 4. The smallest absolute Gasteiger partial charge is 0.450 e. The van der Waals surface area contributed by atoms with E-state index in [2.05, 4.69) is 10.1 Å². The molecule has 1 aromatic carbocycles. The molecule has 0 bridgehead atoms. The highest BCUT2D eigenvalue weighted by Crippen LogP contribution is 2.28. The number of rotatable bonds is 6. The molecule has 6 heteroatoms. The van der Waals surface area contributed by atoms with Crippen LogP contribution in [0.3, 0.4) is 0 Å². The maximum atomic E-state index is 11.7. The van der Waals surface area contributed by atoms with Crippen LogP contribution in [0.5, 0.6) is 0 Å². The van der Waals surface area contributed by atoms with Gasteiger partial charge in [-0.2, -0.15) is 0 Å². The van der Waals surface area contributed by atoms with Gasteiger partial charge in [0.05, 0.1) is 6.61 Å². The lowest BCUT2D eigenvalue weighted by molar-refractivity contribution is 0.0661. The summed E-state index contributed by atoms with van der Waals surface area (Å²) < 4.78 is 9.79. The molecule has 0 aromatic heterocycles. The molecule has 1 fully saturated rings. The van der Waals surface area contributed by atoms with E-state index in [0.29, 0.717) is 18.4 Å². The van der Waals surface area contributed by atoms with E-state index in [-0.39, 0.29) is 13.2 Å². The van der Waals surface area contributed by atoms with E-state index in [0.717, 1.165) is 31.2 Å². The number of alkyl carbamates (subject to hydrolysis) is 1. The first-order chi connectivity index (χ1) is 11.1. The van der Waals surface area contributed by atoms with Crippen LogP contribution in [0.1, 0.15) is 31.2 Å². The molecular formula is C17H23NO5. The van der Waals surface area contributed by atoms with Crippen molar-refractivity contribution in [2.45, 2.75) is 32.3 Å². The van der Waals surface area contributed by atoms with Crippen LogP contribution in [0.25, 0.3) is 0 Å². The molecule has 1 saturated carbocycles. The van der Waals surface area contributed by atoms with E-state index >= 15 is 0 Å². The van der Waals surface area contributed by atoms with Crippen molar-refractivity contribution in [3.05, 3.63) is 35.9 Å². The van der Waals surface area contributed by atoms with Gasteiger partial charge in [-0.15, -0.1) is 0 Å². The molecule has 1 aliphatic carbocycles. The molecule has 23 heavy (non-hydrogen) atoms. The Morgan fingerprint density at radius 2 is 1.70 bits per heavy atom. The first-order valence-electron chi connectivity index (χ1n) is 7.93. The second-order valence-electron chi connectivity index (χ2n) is 5.91. The number of benzene rings is 1. The summed E-state index contributed by atoms with van der Waals surface area (Å²) in [6.07, 6.45) is 2.18. The minimum Gasteiger partial charge on any atom is -0.450 e. The minimum atomic E-state index is -1.21. The van der Waals surface area contributed by atoms with Crippen LogP contribution < -0.4 is 5.32 Å². The Kier molecular flexibility index (Phi) is 6.72. The van der Waals surface area contributed by atoms with Gasteiger partial charge in [0.2, 0.25) is 0 Å². The third-order valence-corrected chi connectivity index (χ3v) is 4.16. The predicted molar refractivity (Wildman–Crippen MR) is 84.1 cm³/mol. The Labute approximate surface area is 135 Å². The summed E-state index contributed by atoms with van der Waals surface area (Å²) in [5.41, 5.74) is 0.960. The van der Waals surface area contributed by atoms with E-state index in [9.17, 15) is 9.59 Å². The lowest BCUT2D eigenvalue weighted by Crippen LogP contribution is -2.32. The molecule has 0 unspecified atom stereocenters. The molecule has 1 aromatic rings. The quantitative estimate of drug-likeness (QED) is 0.784. The van der Waals surface area contributed by atoms with E-state index in [1.165, 1.54) is 0 Å². The molecule has 0 heterocycles. The van der Waals surface area contributed by atoms with Gasteiger partial charge in [-0.3, -0.25) is 0 Å². The number of nitrogens with one attached hydrogen (secondary N) is 1. The van der Waals surface area contributed by atoms with E-state index in [1.807, 2.05) is 30.3 Å². The molecule has 1 aliphatic rings. The molecule has 6 nitrogen and oxygen atoms in total. The van der Waals surface area contributed by atoms with Gasteiger partial charge in [0.15, 0.2) is 0 Å². The molecule has 0 saturated heterocycles. The highest BCUT2D eigenvalue weighted by atomic mass is 16.7. The van der Waals surface area contributed by atoms with Crippen molar-refractivity contribution in [3.63, 3.8) is 0 Å².